The predicted molar refractivity (Wildman–Crippen MR) is 174 cm³/mol. The molecule has 3 heterocycles. The quantitative estimate of drug-likeness (QED) is 0.218. The molecule has 3 aromatic rings. The molecule has 15 heteroatoms. The number of piperazine rings is 1. The summed E-state index contributed by atoms with van der Waals surface area (Å²) in [6, 6.07) is 14.1. The van der Waals surface area contributed by atoms with Crippen LogP contribution in [-0.2, 0) is 16.1 Å². The van der Waals surface area contributed by atoms with Crippen LogP contribution in [0.3, 0.4) is 0 Å². The second kappa shape index (κ2) is 17.2. The minimum atomic E-state index is -5.08. The molecule has 0 saturated carbocycles. The van der Waals surface area contributed by atoms with Crippen molar-refractivity contribution in [1.82, 2.24) is 20.5 Å². The molecule has 0 radical (unpaired) electrons. The second-order valence-electron chi connectivity index (χ2n) is 10.9. The highest BCUT2D eigenvalue weighted by Gasteiger charge is 2.38. The first-order chi connectivity index (χ1) is 22.0. The Morgan fingerprint density at radius 2 is 1.72 bits per heavy atom. The number of anilines is 1. The molecule has 0 spiro atoms. The molecule has 2 aliphatic rings. The molecule has 5 rings (SSSR count). The zero-order valence-electron chi connectivity index (χ0n) is 25.0. The molecule has 250 valence electrons. The fraction of sp³-hybridized carbons (Fsp3) is 0.452. The third kappa shape index (κ3) is 11.3. The van der Waals surface area contributed by atoms with Gasteiger partial charge in [-0.05, 0) is 61.2 Å². The fourth-order valence-electron chi connectivity index (χ4n) is 4.97. The first kappa shape index (κ1) is 35.7. The molecule has 2 fully saturated rings. The number of rotatable bonds is 10. The van der Waals surface area contributed by atoms with Gasteiger partial charge in [0.1, 0.15) is 5.75 Å². The zero-order chi connectivity index (χ0) is 33.1. The van der Waals surface area contributed by atoms with Crippen molar-refractivity contribution < 1.29 is 32.6 Å². The molecule has 9 nitrogen and oxygen atoms in total. The van der Waals surface area contributed by atoms with Gasteiger partial charge in [-0.25, -0.2) is 9.78 Å². The summed E-state index contributed by atoms with van der Waals surface area (Å²) in [6.07, 6.45) is -2.03. The van der Waals surface area contributed by atoms with E-state index in [4.69, 9.17) is 42.8 Å². The van der Waals surface area contributed by atoms with Crippen molar-refractivity contribution in [2.45, 2.75) is 44.4 Å². The molecule has 2 saturated heterocycles. The lowest BCUT2D eigenvalue weighted by Crippen LogP contribution is -2.44. The highest BCUT2D eigenvalue weighted by molar-refractivity contribution is 7.14. The van der Waals surface area contributed by atoms with E-state index in [0.29, 0.717) is 29.5 Å². The Labute approximate surface area is 279 Å². The number of hydrogen-bond acceptors (Lipinski definition) is 8. The first-order valence-corrected chi connectivity index (χ1v) is 16.5. The number of carbonyl (C=O) groups excluding carboxylic acids is 1. The maximum Gasteiger partial charge on any atom is 0.490 e. The highest BCUT2D eigenvalue weighted by Crippen LogP contribution is 2.29. The van der Waals surface area contributed by atoms with Crippen molar-refractivity contribution >= 4 is 51.5 Å². The number of benzene rings is 2. The fourth-order valence-corrected chi connectivity index (χ4v) is 6.18. The van der Waals surface area contributed by atoms with Crippen LogP contribution in [0, 0.1) is 0 Å². The van der Waals surface area contributed by atoms with Crippen molar-refractivity contribution in [3.8, 4) is 17.0 Å². The molecule has 0 bridgehead atoms. The van der Waals surface area contributed by atoms with Crippen molar-refractivity contribution in [2.75, 3.05) is 50.8 Å². The SMILES string of the molecule is O=C(CCCOc1ccc(-c2csc(N3CCNCC3)n2)cc1)NC1CCN(Cc2ccc(Cl)c(Cl)c2)CC1.O=C(O)C(F)(F)F. The van der Waals surface area contributed by atoms with E-state index in [1.54, 1.807) is 11.3 Å². The number of amides is 1. The van der Waals surface area contributed by atoms with E-state index in [1.807, 2.05) is 42.5 Å². The summed E-state index contributed by atoms with van der Waals surface area (Å²) in [5.74, 6) is -1.85. The molecule has 3 N–H and O–H groups in total. The van der Waals surface area contributed by atoms with E-state index in [2.05, 4.69) is 25.8 Å². The Morgan fingerprint density at radius 3 is 2.35 bits per heavy atom. The van der Waals surface area contributed by atoms with Crippen LogP contribution in [-0.4, -0.2) is 85.0 Å². The normalized spacial score (nSPS) is 16.0. The van der Waals surface area contributed by atoms with Gasteiger partial charge in [-0.2, -0.15) is 13.2 Å². The van der Waals surface area contributed by atoms with Gasteiger partial charge in [-0.3, -0.25) is 9.69 Å². The van der Waals surface area contributed by atoms with E-state index < -0.39 is 12.1 Å². The summed E-state index contributed by atoms with van der Waals surface area (Å²) in [6.45, 7) is 7.26. The maximum atomic E-state index is 12.5. The number of carboxylic acids is 1. The van der Waals surface area contributed by atoms with Gasteiger partial charge in [-0.15, -0.1) is 11.3 Å². The Kier molecular flexibility index (Phi) is 13.3. The van der Waals surface area contributed by atoms with Crippen molar-refractivity contribution in [2.24, 2.45) is 0 Å². The summed E-state index contributed by atoms with van der Waals surface area (Å²) >= 11 is 13.9. The number of thiazole rings is 1. The van der Waals surface area contributed by atoms with Crippen LogP contribution >= 0.6 is 34.5 Å². The number of hydrogen-bond donors (Lipinski definition) is 3. The number of nitrogens with one attached hydrogen (secondary N) is 2. The number of alkyl halides is 3. The number of aromatic nitrogens is 1. The van der Waals surface area contributed by atoms with E-state index in [-0.39, 0.29) is 11.9 Å². The van der Waals surface area contributed by atoms with Crippen molar-refractivity contribution in [3.05, 3.63) is 63.5 Å². The first-order valence-electron chi connectivity index (χ1n) is 14.9. The molecule has 0 unspecified atom stereocenters. The lowest BCUT2D eigenvalue weighted by atomic mass is 10.0. The van der Waals surface area contributed by atoms with Crippen LogP contribution < -0.4 is 20.3 Å². The molecular weight excluding hydrogens is 666 g/mol. The number of carbonyl (C=O) groups is 2. The van der Waals surface area contributed by atoms with Gasteiger partial charge >= 0.3 is 12.1 Å². The minimum absolute atomic E-state index is 0.0979. The summed E-state index contributed by atoms with van der Waals surface area (Å²) < 4.78 is 37.6. The smallest absolute Gasteiger partial charge is 0.490 e. The summed E-state index contributed by atoms with van der Waals surface area (Å²) in [5.41, 5.74) is 3.24. The minimum Gasteiger partial charge on any atom is -0.494 e. The molecule has 2 aliphatic heterocycles. The van der Waals surface area contributed by atoms with Gasteiger partial charge in [0.2, 0.25) is 5.91 Å². The standard InChI is InChI=1S/C29H35Cl2N5O2S.C2HF3O2/c30-25-8-3-21(18-26(25)31)19-35-13-9-23(10-14-35)33-28(37)2-1-17-38-24-6-4-22(5-7-24)27-20-39-29(34-27)36-15-11-32-12-16-36;3-2(4,5)1(6)7/h3-8,18,20,23,32H,1-2,9-17,19H2,(H,33,37);(H,6,7). The van der Waals surface area contributed by atoms with Gasteiger partial charge < -0.3 is 25.4 Å². The molecular formula is C31H36Cl2F3N5O4S. The molecule has 46 heavy (non-hydrogen) atoms. The van der Waals surface area contributed by atoms with Gasteiger partial charge in [0, 0.05) is 69.2 Å². The molecule has 2 aromatic carbocycles. The average Bonchev–Trinajstić information content (AvgIpc) is 3.53. The Bertz CT molecular complexity index is 1430. The largest absolute Gasteiger partial charge is 0.494 e. The van der Waals surface area contributed by atoms with Gasteiger partial charge in [-0.1, -0.05) is 29.3 Å². The average molecular weight is 703 g/mol. The molecule has 0 aliphatic carbocycles. The van der Waals surface area contributed by atoms with Gasteiger partial charge in [0.15, 0.2) is 5.13 Å². The van der Waals surface area contributed by atoms with Crippen LogP contribution in [0.5, 0.6) is 5.75 Å². The van der Waals surface area contributed by atoms with Crippen LogP contribution in [0.15, 0.2) is 47.8 Å². The molecule has 0 atom stereocenters. The lowest BCUT2D eigenvalue weighted by Gasteiger charge is -2.32. The number of carboxylic acid groups (broad SMARTS) is 1. The second-order valence-corrected chi connectivity index (χ2v) is 12.5. The number of halogens is 5. The summed E-state index contributed by atoms with van der Waals surface area (Å²) in [7, 11) is 0. The van der Waals surface area contributed by atoms with E-state index in [9.17, 15) is 18.0 Å². The number of ether oxygens (including phenoxy) is 1. The third-order valence-corrected chi connectivity index (χ3v) is 9.07. The molecule has 1 aromatic heterocycles. The number of piperidine rings is 1. The maximum absolute atomic E-state index is 12.5. The van der Waals surface area contributed by atoms with E-state index in [1.165, 1.54) is 0 Å². The van der Waals surface area contributed by atoms with E-state index >= 15 is 0 Å². The summed E-state index contributed by atoms with van der Waals surface area (Å²) in [5, 5.41) is 18.1. The Morgan fingerprint density at radius 1 is 1.04 bits per heavy atom. The number of nitrogens with zero attached hydrogens (tertiary/aromatic N) is 3. The van der Waals surface area contributed by atoms with Gasteiger partial charge in [0.05, 0.1) is 22.3 Å². The van der Waals surface area contributed by atoms with Crippen LogP contribution in [0.1, 0.15) is 31.2 Å². The van der Waals surface area contributed by atoms with Crippen LogP contribution in [0.2, 0.25) is 10.0 Å². The Hall–Kier alpha value is -3.10. The van der Waals surface area contributed by atoms with Crippen LogP contribution in [0.25, 0.3) is 11.3 Å². The Balaban J connectivity index is 0.000000617. The van der Waals surface area contributed by atoms with Crippen molar-refractivity contribution in [3.63, 3.8) is 0 Å². The van der Waals surface area contributed by atoms with Crippen LogP contribution in [0.4, 0.5) is 18.3 Å². The molecule has 1 amide bonds. The number of aliphatic carboxylic acids is 1. The van der Waals surface area contributed by atoms with Crippen molar-refractivity contribution in [1.29, 1.82) is 0 Å². The third-order valence-electron chi connectivity index (χ3n) is 7.43. The lowest BCUT2D eigenvalue weighted by molar-refractivity contribution is -0.192. The highest BCUT2D eigenvalue weighted by atomic mass is 35.5. The van der Waals surface area contributed by atoms with E-state index in [0.717, 1.165) is 86.4 Å². The number of likely N-dealkylation sites (tertiary alicyclic amines) is 1. The topological polar surface area (TPSA) is 107 Å². The monoisotopic (exact) mass is 701 g/mol. The zero-order valence-corrected chi connectivity index (χ0v) is 27.3. The van der Waals surface area contributed by atoms with Gasteiger partial charge in [0.25, 0.3) is 0 Å². The summed E-state index contributed by atoms with van der Waals surface area (Å²) in [4.78, 5) is 30.9. The predicted octanol–water partition coefficient (Wildman–Crippen LogP) is 6.10.